The molecule has 0 radical (unpaired) electrons. The smallest absolute Gasteiger partial charge is 0.331 e. The average molecular weight is 473 g/mol. The van der Waals surface area contributed by atoms with Crippen LogP contribution in [0, 0.1) is 17.0 Å². The van der Waals surface area contributed by atoms with E-state index in [0.717, 1.165) is 16.3 Å². The van der Waals surface area contributed by atoms with E-state index in [1.54, 1.807) is 6.92 Å². The van der Waals surface area contributed by atoms with E-state index in [1.807, 2.05) is 30.3 Å². The zero-order valence-corrected chi connectivity index (χ0v) is 17.4. The summed E-state index contributed by atoms with van der Waals surface area (Å²) in [6.07, 6.45) is 1.47. The summed E-state index contributed by atoms with van der Waals surface area (Å²) >= 11 is 3.23. The third-order valence-electron chi connectivity index (χ3n) is 4.46. The van der Waals surface area contributed by atoms with E-state index >= 15 is 0 Å². The van der Waals surface area contributed by atoms with Crippen molar-refractivity contribution in [1.82, 2.24) is 9.55 Å². The number of aromatic amines is 1. The molecule has 9 nitrogen and oxygen atoms in total. The predicted octanol–water partition coefficient (Wildman–Crippen LogP) is 3.21. The maximum absolute atomic E-state index is 12.2. The molecule has 0 bridgehead atoms. The van der Waals surface area contributed by atoms with Gasteiger partial charge in [-0.25, -0.2) is 9.79 Å². The SMILES string of the molecule is Cc1cc(N=Cc2c(O)n(CCc3ccccc3)c(=O)[nH]c2=O)c([N+](=O)[O-])cc1Br. The summed E-state index contributed by atoms with van der Waals surface area (Å²) in [5.74, 6) is -0.556. The van der Waals surface area contributed by atoms with Crippen molar-refractivity contribution >= 4 is 33.5 Å². The largest absolute Gasteiger partial charge is 0.494 e. The Hall–Kier alpha value is -3.53. The van der Waals surface area contributed by atoms with Crippen molar-refractivity contribution < 1.29 is 10.0 Å². The molecule has 1 aromatic heterocycles. The molecule has 30 heavy (non-hydrogen) atoms. The van der Waals surface area contributed by atoms with Crippen molar-refractivity contribution in [3.8, 4) is 5.88 Å². The minimum absolute atomic E-state index is 0.0153. The van der Waals surface area contributed by atoms with Crippen LogP contribution in [0.5, 0.6) is 5.88 Å². The summed E-state index contributed by atoms with van der Waals surface area (Å²) in [5, 5.41) is 21.8. The first-order valence-electron chi connectivity index (χ1n) is 8.86. The molecule has 0 fully saturated rings. The van der Waals surface area contributed by atoms with Gasteiger partial charge in [0.2, 0.25) is 5.88 Å². The molecule has 10 heteroatoms. The van der Waals surface area contributed by atoms with Gasteiger partial charge in [0.05, 0.1) is 4.92 Å². The Morgan fingerprint density at radius 3 is 2.63 bits per heavy atom. The van der Waals surface area contributed by atoms with Gasteiger partial charge in [0.15, 0.2) is 0 Å². The van der Waals surface area contributed by atoms with Crippen molar-refractivity contribution in [2.24, 2.45) is 4.99 Å². The average Bonchev–Trinajstić information content (AvgIpc) is 2.70. The van der Waals surface area contributed by atoms with Gasteiger partial charge >= 0.3 is 5.69 Å². The highest BCUT2D eigenvalue weighted by Crippen LogP contribution is 2.33. The lowest BCUT2D eigenvalue weighted by molar-refractivity contribution is -0.384. The van der Waals surface area contributed by atoms with Crippen LogP contribution in [-0.4, -0.2) is 25.8 Å². The van der Waals surface area contributed by atoms with Crippen LogP contribution < -0.4 is 11.2 Å². The fraction of sp³-hybridized carbons (Fsp3) is 0.150. The minimum Gasteiger partial charge on any atom is -0.494 e. The molecule has 0 saturated heterocycles. The number of aromatic hydroxyl groups is 1. The first-order valence-corrected chi connectivity index (χ1v) is 9.66. The normalized spacial score (nSPS) is 11.1. The summed E-state index contributed by atoms with van der Waals surface area (Å²) in [7, 11) is 0. The van der Waals surface area contributed by atoms with Crippen LogP contribution in [0.1, 0.15) is 16.7 Å². The number of benzene rings is 2. The molecule has 0 unspecified atom stereocenters. The minimum atomic E-state index is -0.839. The lowest BCUT2D eigenvalue weighted by Crippen LogP contribution is -2.32. The molecule has 0 aliphatic carbocycles. The summed E-state index contributed by atoms with van der Waals surface area (Å²) in [5.41, 5.74) is -0.453. The second-order valence-corrected chi connectivity index (χ2v) is 7.34. The van der Waals surface area contributed by atoms with E-state index in [-0.39, 0.29) is 23.5 Å². The van der Waals surface area contributed by atoms with Crippen molar-refractivity contribution in [2.45, 2.75) is 19.9 Å². The molecule has 3 rings (SSSR count). The number of hydrogen-bond acceptors (Lipinski definition) is 6. The number of H-pyrrole nitrogens is 1. The summed E-state index contributed by atoms with van der Waals surface area (Å²) in [6.45, 7) is 1.87. The van der Waals surface area contributed by atoms with Gasteiger partial charge in [-0.1, -0.05) is 46.3 Å². The fourth-order valence-corrected chi connectivity index (χ4v) is 3.16. The van der Waals surface area contributed by atoms with Crippen molar-refractivity contribution in [3.63, 3.8) is 0 Å². The monoisotopic (exact) mass is 472 g/mol. The van der Waals surface area contributed by atoms with Gasteiger partial charge in [-0.05, 0) is 30.5 Å². The highest BCUT2D eigenvalue weighted by Gasteiger charge is 2.17. The molecule has 0 spiro atoms. The lowest BCUT2D eigenvalue weighted by Gasteiger charge is -2.09. The molecular formula is C20H17BrN4O5. The Balaban J connectivity index is 1.99. The highest BCUT2D eigenvalue weighted by molar-refractivity contribution is 9.10. The molecule has 3 aromatic rings. The van der Waals surface area contributed by atoms with Crippen LogP contribution in [-0.2, 0) is 13.0 Å². The van der Waals surface area contributed by atoms with E-state index < -0.39 is 22.1 Å². The first kappa shape index (κ1) is 21.2. The molecule has 2 N–H and O–H groups in total. The number of hydrogen-bond donors (Lipinski definition) is 2. The number of aryl methyl sites for hydroxylation is 2. The van der Waals surface area contributed by atoms with Crippen molar-refractivity contribution in [3.05, 3.63) is 94.6 Å². The van der Waals surface area contributed by atoms with Crippen LogP contribution in [0.3, 0.4) is 0 Å². The summed E-state index contributed by atoms with van der Waals surface area (Å²) < 4.78 is 1.57. The molecule has 0 aliphatic rings. The Labute approximate surface area is 178 Å². The molecule has 0 aliphatic heterocycles. The van der Waals surface area contributed by atoms with E-state index in [2.05, 4.69) is 25.9 Å². The molecule has 0 saturated carbocycles. The zero-order chi connectivity index (χ0) is 21.8. The van der Waals surface area contributed by atoms with Gasteiger partial charge in [0.1, 0.15) is 11.3 Å². The molecule has 1 heterocycles. The van der Waals surface area contributed by atoms with E-state index in [0.29, 0.717) is 16.5 Å². The van der Waals surface area contributed by atoms with Gasteiger partial charge in [-0.15, -0.1) is 0 Å². The molecule has 2 aromatic carbocycles. The zero-order valence-electron chi connectivity index (χ0n) is 15.8. The Bertz CT molecular complexity index is 1250. The van der Waals surface area contributed by atoms with Gasteiger partial charge in [0.25, 0.3) is 11.2 Å². The Morgan fingerprint density at radius 1 is 1.27 bits per heavy atom. The first-order chi connectivity index (χ1) is 14.3. The van der Waals surface area contributed by atoms with Crippen LogP contribution in [0.15, 0.2) is 61.5 Å². The maximum atomic E-state index is 12.2. The number of nitrogens with one attached hydrogen (secondary N) is 1. The highest BCUT2D eigenvalue weighted by atomic mass is 79.9. The van der Waals surface area contributed by atoms with Crippen LogP contribution in [0.2, 0.25) is 0 Å². The third-order valence-corrected chi connectivity index (χ3v) is 5.31. The van der Waals surface area contributed by atoms with Crippen LogP contribution in [0.4, 0.5) is 11.4 Å². The number of rotatable bonds is 6. The van der Waals surface area contributed by atoms with E-state index in [1.165, 1.54) is 12.1 Å². The second-order valence-electron chi connectivity index (χ2n) is 6.49. The number of nitro groups is 1. The summed E-state index contributed by atoms with van der Waals surface area (Å²) in [6, 6.07) is 12.1. The fourth-order valence-electron chi connectivity index (χ4n) is 2.82. The molecular weight excluding hydrogens is 456 g/mol. The van der Waals surface area contributed by atoms with Gasteiger partial charge in [-0.3, -0.25) is 24.5 Å². The van der Waals surface area contributed by atoms with Crippen LogP contribution in [0.25, 0.3) is 0 Å². The lowest BCUT2D eigenvalue weighted by atomic mass is 10.1. The maximum Gasteiger partial charge on any atom is 0.331 e. The topological polar surface area (TPSA) is 131 Å². The number of nitrogens with zero attached hydrogens (tertiary/aromatic N) is 3. The van der Waals surface area contributed by atoms with E-state index in [9.17, 15) is 24.8 Å². The Morgan fingerprint density at radius 2 is 1.97 bits per heavy atom. The predicted molar refractivity (Wildman–Crippen MR) is 116 cm³/mol. The number of aromatic nitrogens is 2. The standard InChI is InChI=1S/C20H17BrN4O5/c1-12-9-16(17(25(29)30)10-15(12)21)22-11-14-18(26)23-20(28)24(19(14)27)8-7-13-5-3-2-4-6-13/h2-6,9-11,27H,7-8H2,1H3,(H,23,26,28). The van der Waals surface area contributed by atoms with Gasteiger partial charge in [-0.2, -0.15) is 0 Å². The third kappa shape index (κ3) is 4.54. The number of nitro benzene ring substituents is 1. The number of aliphatic imine (C=N–C) groups is 1. The van der Waals surface area contributed by atoms with Crippen molar-refractivity contribution in [1.29, 1.82) is 0 Å². The second kappa shape index (κ2) is 8.87. The van der Waals surface area contributed by atoms with E-state index in [4.69, 9.17) is 0 Å². The summed E-state index contributed by atoms with van der Waals surface area (Å²) in [4.78, 5) is 41.2. The molecule has 154 valence electrons. The quantitative estimate of drug-likeness (QED) is 0.323. The molecule has 0 amide bonds. The Kier molecular flexibility index (Phi) is 6.26. The number of halogens is 1. The van der Waals surface area contributed by atoms with Crippen LogP contribution >= 0.6 is 15.9 Å². The van der Waals surface area contributed by atoms with Gasteiger partial charge < -0.3 is 5.11 Å². The van der Waals surface area contributed by atoms with Crippen molar-refractivity contribution in [2.75, 3.05) is 0 Å². The molecule has 0 atom stereocenters. The van der Waals surface area contributed by atoms with Gasteiger partial charge in [0, 0.05) is 23.3 Å².